The van der Waals surface area contributed by atoms with E-state index in [1.807, 2.05) is 27.7 Å². The van der Waals surface area contributed by atoms with E-state index in [4.69, 9.17) is 14.2 Å². The number of rotatable bonds is 5. The first-order valence-corrected chi connectivity index (χ1v) is 9.56. The van der Waals surface area contributed by atoms with E-state index < -0.39 is 11.4 Å². The van der Waals surface area contributed by atoms with E-state index in [0.717, 1.165) is 5.56 Å². The Balaban J connectivity index is 2.45. The van der Waals surface area contributed by atoms with Crippen molar-refractivity contribution < 1.29 is 23.8 Å². The second-order valence-corrected chi connectivity index (χ2v) is 7.89. The van der Waals surface area contributed by atoms with Gasteiger partial charge in [-0.15, -0.1) is 0 Å². The van der Waals surface area contributed by atoms with Crippen molar-refractivity contribution in [3.05, 3.63) is 52.6 Å². The first-order chi connectivity index (χ1) is 14.0. The Morgan fingerprint density at radius 1 is 0.867 bits per heavy atom. The van der Waals surface area contributed by atoms with Crippen LogP contribution in [0, 0.1) is 13.8 Å². The minimum Gasteiger partial charge on any atom is -0.496 e. The summed E-state index contributed by atoms with van der Waals surface area (Å²) in [7, 11) is 4.61. The number of benzene rings is 2. The molecule has 0 spiro atoms. The smallest absolute Gasteiger partial charge is 0.273 e. The molecule has 1 N–H and O–H groups in total. The van der Waals surface area contributed by atoms with Crippen LogP contribution in [0.15, 0.2) is 30.3 Å². The number of hydrazine groups is 1. The van der Waals surface area contributed by atoms with Gasteiger partial charge in [-0.25, -0.2) is 5.01 Å². The molecular weight excluding hydrogens is 384 g/mol. The maximum absolute atomic E-state index is 13.4. The molecule has 0 aliphatic heterocycles. The predicted molar refractivity (Wildman–Crippen MR) is 115 cm³/mol. The second kappa shape index (κ2) is 9.07. The molecule has 0 heterocycles. The van der Waals surface area contributed by atoms with Crippen molar-refractivity contribution in [2.45, 2.75) is 40.2 Å². The lowest BCUT2D eigenvalue weighted by molar-refractivity contribution is 0.0358. The van der Waals surface area contributed by atoms with Gasteiger partial charge in [0, 0.05) is 22.3 Å². The molecule has 0 saturated carbocycles. The lowest BCUT2D eigenvalue weighted by atomic mass is 10.0. The molecular formula is C23H30N2O5. The molecule has 0 fully saturated rings. The van der Waals surface area contributed by atoms with Gasteiger partial charge in [-0.3, -0.25) is 15.0 Å². The summed E-state index contributed by atoms with van der Waals surface area (Å²) < 4.78 is 16.1. The summed E-state index contributed by atoms with van der Waals surface area (Å²) in [5, 5.41) is 1.32. The van der Waals surface area contributed by atoms with Crippen molar-refractivity contribution in [2.24, 2.45) is 0 Å². The largest absolute Gasteiger partial charge is 0.496 e. The fourth-order valence-corrected chi connectivity index (χ4v) is 3.11. The summed E-state index contributed by atoms with van der Waals surface area (Å²) in [5.41, 5.74) is 4.32. The van der Waals surface area contributed by atoms with Crippen molar-refractivity contribution in [2.75, 3.05) is 21.3 Å². The van der Waals surface area contributed by atoms with Crippen molar-refractivity contribution in [3.63, 3.8) is 0 Å². The molecule has 30 heavy (non-hydrogen) atoms. The number of ether oxygens (including phenoxy) is 3. The number of hydrogen-bond acceptors (Lipinski definition) is 5. The molecule has 0 radical (unpaired) electrons. The molecule has 0 aliphatic rings. The van der Waals surface area contributed by atoms with Crippen molar-refractivity contribution >= 4 is 11.8 Å². The van der Waals surface area contributed by atoms with E-state index in [-0.39, 0.29) is 5.91 Å². The van der Waals surface area contributed by atoms with E-state index in [0.29, 0.717) is 33.9 Å². The van der Waals surface area contributed by atoms with Crippen LogP contribution in [0.3, 0.4) is 0 Å². The van der Waals surface area contributed by atoms with Crippen LogP contribution in [-0.2, 0) is 0 Å². The maximum atomic E-state index is 13.4. The lowest BCUT2D eigenvalue weighted by Crippen LogP contribution is -2.56. The van der Waals surface area contributed by atoms with Gasteiger partial charge in [0.15, 0.2) is 0 Å². The van der Waals surface area contributed by atoms with Gasteiger partial charge in [-0.05, 0) is 58.9 Å². The molecule has 2 amide bonds. The molecule has 0 bridgehead atoms. The monoisotopic (exact) mass is 414 g/mol. The Morgan fingerprint density at radius 2 is 1.40 bits per heavy atom. The number of hydrogen-bond donors (Lipinski definition) is 1. The zero-order chi connectivity index (χ0) is 22.6. The molecule has 0 aromatic heterocycles. The Hall–Kier alpha value is -3.22. The van der Waals surface area contributed by atoms with E-state index in [1.165, 1.54) is 19.2 Å². The maximum Gasteiger partial charge on any atom is 0.273 e. The molecule has 162 valence electrons. The van der Waals surface area contributed by atoms with Crippen LogP contribution >= 0.6 is 0 Å². The molecule has 2 aromatic rings. The van der Waals surface area contributed by atoms with Crippen LogP contribution in [-0.4, -0.2) is 43.7 Å². The first kappa shape index (κ1) is 23.1. The molecule has 2 rings (SSSR count). The van der Waals surface area contributed by atoms with Gasteiger partial charge in [-0.2, -0.15) is 0 Å². The molecule has 0 aliphatic carbocycles. The van der Waals surface area contributed by atoms with Crippen LogP contribution in [0.25, 0.3) is 0 Å². The number of carbonyl (C=O) groups is 2. The Kier molecular flexibility index (Phi) is 6.97. The second-order valence-electron chi connectivity index (χ2n) is 7.89. The quantitative estimate of drug-likeness (QED) is 0.751. The average Bonchev–Trinajstić information content (AvgIpc) is 2.70. The van der Waals surface area contributed by atoms with Crippen molar-refractivity contribution in [1.82, 2.24) is 10.4 Å². The topological polar surface area (TPSA) is 77.1 Å². The molecule has 0 atom stereocenters. The highest BCUT2D eigenvalue weighted by Gasteiger charge is 2.31. The number of amides is 2. The Morgan fingerprint density at radius 3 is 1.87 bits per heavy atom. The minimum atomic E-state index is -0.690. The summed E-state index contributed by atoms with van der Waals surface area (Å²) in [5.74, 6) is 0.876. The van der Waals surface area contributed by atoms with Gasteiger partial charge in [0.2, 0.25) is 0 Å². The number of nitrogens with one attached hydrogen (secondary N) is 1. The zero-order valence-corrected chi connectivity index (χ0v) is 18.9. The number of nitrogens with zero attached hydrogens (tertiary/aromatic N) is 1. The third-order valence-electron chi connectivity index (χ3n) is 4.84. The van der Waals surface area contributed by atoms with Crippen LogP contribution in [0.1, 0.15) is 52.6 Å². The van der Waals surface area contributed by atoms with Gasteiger partial charge < -0.3 is 14.2 Å². The fourth-order valence-electron chi connectivity index (χ4n) is 3.11. The standard InChI is InChI=1S/C23H30N2O5/c1-14-17(10-9-11-18(14)28-6)21(26)24-25(23(3,4)5)22(27)16-12-19(29-7)15(2)20(13-16)30-8/h9-13H,1-8H3,(H,24,26). The highest BCUT2D eigenvalue weighted by atomic mass is 16.5. The predicted octanol–water partition coefficient (Wildman–Crippen LogP) is 3.91. The Bertz CT molecular complexity index is 922. The highest BCUT2D eigenvalue weighted by molar-refractivity contribution is 6.00. The van der Waals surface area contributed by atoms with Crippen LogP contribution in [0.4, 0.5) is 0 Å². The fraction of sp³-hybridized carbons (Fsp3) is 0.391. The highest BCUT2D eigenvalue weighted by Crippen LogP contribution is 2.31. The Labute approximate surface area is 177 Å². The SMILES string of the molecule is COc1cc(C(=O)N(NC(=O)c2cccc(OC)c2C)C(C)(C)C)cc(OC)c1C. The van der Waals surface area contributed by atoms with Crippen molar-refractivity contribution in [1.29, 1.82) is 0 Å². The molecule has 2 aromatic carbocycles. The lowest BCUT2D eigenvalue weighted by Gasteiger charge is -2.35. The molecule has 0 unspecified atom stereocenters. The van der Waals surface area contributed by atoms with Gasteiger partial charge in [0.25, 0.3) is 11.8 Å². The summed E-state index contributed by atoms with van der Waals surface area (Å²) in [6.45, 7) is 9.16. The van der Waals surface area contributed by atoms with Gasteiger partial charge in [0.1, 0.15) is 17.2 Å². The van der Waals surface area contributed by atoms with Gasteiger partial charge in [-0.1, -0.05) is 6.07 Å². The summed E-state index contributed by atoms with van der Waals surface area (Å²) in [4.78, 5) is 26.4. The first-order valence-electron chi connectivity index (χ1n) is 9.56. The van der Waals surface area contributed by atoms with Crippen LogP contribution in [0.2, 0.25) is 0 Å². The normalized spacial score (nSPS) is 10.9. The van der Waals surface area contributed by atoms with Crippen LogP contribution in [0.5, 0.6) is 17.2 Å². The molecule has 7 heteroatoms. The summed E-state index contributed by atoms with van der Waals surface area (Å²) in [6.07, 6.45) is 0. The molecule has 7 nitrogen and oxygen atoms in total. The average molecular weight is 415 g/mol. The number of methoxy groups -OCH3 is 3. The van der Waals surface area contributed by atoms with E-state index in [2.05, 4.69) is 5.43 Å². The van der Waals surface area contributed by atoms with Crippen molar-refractivity contribution in [3.8, 4) is 17.2 Å². The van der Waals surface area contributed by atoms with Gasteiger partial charge in [0.05, 0.1) is 26.9 Å². The summed E-state index contributed by atoms with van der Waals surface area (Å²) in [6, 6.07) is 8.49. The third kappa shape index (κ3) is 4.67. The summed E-state index contributed by atoms with van der Waals surface area (Å²) >= 11 is 0. The van der Waals surface area contributed by atoms with E-state index in [9.17, 15) is 9.59 Å². The van der Waals surface area contributed by atoms with E-state index in [1.54, 1.807) is 44.4 Å². The molecule has 0 saturated heterocycles. The third-order valence-corrected chi connectivity index (χ3v) is 4.84. The van der Waals surface area contributed by atoms with Gasteiger partial charge >= 0.3 is 0 Å². The minimum absolute atomic E-state index is 0.340. The van der Waals surface area contributed by atoms with E-state index >= 15 is 0 Å². The zero-order valence-electron chi connectivity index (χ0n) is 18.9. The van der Waals surface area contributed by atoms with Crippen LogP contribution < -0.4 is 19.6 Å². The number of carbonyl (C=O) groups excluding carboxylic acids is 2.